The van der Waals surface area contributed by atoms with Crippen LogP contribution in [0.3, 0.4) is 0 Å². The minimum absolute atomic E-state index is 0.236. The van der Waals surface area contributed by atoms with Crippen LogP contribution in [0.5, 0.6) is 0 Å². The molecular formula is C11H18N4. The van der Waals surface area contributed by atoms with E-state index in [4.69, 9.17) is 5.26 Å². The van der Waals surface area contributed by atoms with Gasteiger partial charge in [0.15, 0.2) is 0 Å². The molecule has 4 nitrogen and oxygen atoms in total. The van der Waals surface area contributed by atoms with Crippen molar-refractivity contribution in [1.82, 2.24) is 15.1 Å². The van der Waals surface area contributed by atoms with Gasteiger partial charge in [-0.2, -0.15) is 10.4 Å². The average molecular weight is 206 g/mol. The first-order valence-corrected chi connectivity index (χ1v) is 5.29. The van der Waals surface area contributed by atoms with Crippen molar-refractivity contribution in [1.29, 1.82) is 5.26 Å². The van der Waals surface area contributed by atoms with Crippen LogP contribution in [0.2, 0.25) is 0 Å². The summed E-state index contributed by atoms with van der Waals surface area (Å²) >= 11 is 0. The summed E-state index contributed by atoms with van der Waals surface area (Å²) in [5.74, 6) is 0. The van der Waals surface area contributed by atoms with Crippen molar-refractivity contribution in [3.8, 4) is 6.07 Å². The average Bonchev–Trinajstić information content (AvgIpc) is 2.56. The van der Waals surface area contributed by atoms with E-state index in [9.17, 15) is 0 Å². The Morgan fingerprint density at radius 2 is 2.40 bits per heavy atom. The molecule has 0 aliphatic rings. The molecular weight excluding hydrogens is 188 g/mol. The highest BCUT2D eigenvalue weighted by atomic mass is 15.3. The lowest BCUT2D eigenvalue weighted by atomic mass is 10.2. The van der Waals surface area contributed by atoms with E-state index in [1.807, 2.05) is 24.9 Å². The fraction of sp³-hybridized carbons (Fsp3) is 0.636. The van der Waals surface area contributed by atoms with Crippen LogP contribution in [0.25, 0.3) is 0 Å². The standard InChI is InChI=1S/C11H18N4/c1-4-11-10(8-15(3)14-11)7-13-9(2)5-6-12/h8-9,13H,4-5,7H2,1-3H3. The molecule has 0 fully saturated rings. The Morgan fingerprint density at radius 1 is 1.67 bits per heavy atom. The van der Waals surface area contributed by atoms with Crippen LogP contribution in [0.15, 0.2) is 6.20 Å². The van der Waals surface area contributed by atoms with Crippen molar-refractivity contribution in [2.45, 2.75) is 39.3 Å². The third-order valence-electron chi connectivity index (χ3n) is 2.37. The molecule has 0 amide bonds. The summed E-state index contributed by atoms with van der Waals surface area (Å²) in [6.07, 6.45) is 3.52. The number of nitrogens with zero attached hydrogens (tertiary/aromatic N) is 3. The van der Waals surface area contributed by atoms with Crippen molar-refractivity contribution in [2.75, 3.05) is 0 Å². The lowest BCUT2D eigenvalue weighted by Gasteiger charge is -2.09. The lowest BCUT2D eigenvalue weighted by molar-refractivity contribution is 0.555. The summed E-state index contributed by atoms with van der Waals surface area (Å²) in [5.41, 5.74) is 2.36. The number of aryl methyl sites for hydroxylation is 2. The van der Waals surface area contributed by atoms with Crippen molar-refractivity contribution >= 4 is 0 Å². The van der Waals surface area contributed by atoms with Crippen LogP contribution in [-0.4, -0.2) is 15.8 Å². The lowest BCUT2D eigenvalue weighted by Crippen LogP contribution is -2.25. The number of aromatic nitrogens is 2. The molecule has 82 valence electrons. The van der Waals surface area contributed by atoms with Gasteiger partial charge in [-0.15, -0.1) is 0 Å². The van der Waals surface area contributed by atoms with Gasteiger partial charge in [-0.05, 0) is 13.3 Å². The molecule has 1 heterocycles. The van der Waals surface area contributed by atoms with E-state index in [0.29, 0.717) is 6.42 Å². The third kappa shape index (κ3) is 3.37. The maximum absolute atomic E-state index is 8.53. The molecule has 0 aliphatic carbocycles. The first-order valence-electron chi connectivity index (χ1n) is 5.29. The summed E-state index contributed by atoms with van der Waals surface area (Å²) in [4.78, 5) is 0. The fourth-order valence-electron chi connectivity index (χ4n) is 1.52. The molecule has 0 spiro atoms. The van der Waals surface area contributed by atoms with E-state index in [0.717, 1.165) is 18.7 Å². The minimum Gasteiger partial charge on any atom is -0.309 e. The van der Waals surface area contributed by atoms with Crippen molar-refractivity contribution in [2.24, 2.45) is 7.05 Å². The van der Waals surface area contributed by atoms with E-state index < -0.39 is 0 Å². The van der Waals surface area contributed by atoms with Crippen LogP contribution in [0, 0.1) is 11.3 Å². The summed E-state index contributed by atoms with van der Waals surface area (Å²) in [6.45, 7) is 4.91. The Hall–Kier alpha value is -1.34. The zero-order valence-corrected chi connectivity index (χ0v) is 9.62. The van der Waals surface area contributed by atoms with Gasteiger partial charge in [-0.1, -0.05) is 6.92 Å². The van der Waals surface area contributed by atoms with Crippen molar-refractivity contribution in [3.63, 3.8) is 0 Å². The second-order valence-electron chi connectivity index (χ2n) is 3.77. The van der Waals surface area contributed by atoms with Gasteiger partial charge in [0.25, 0.3) is 0 Å². The Balaban J connectivity index is 2.53. The molecule has 0 saturated carbocycles. The van der Waals surface area contributed by atoms with Gasteiger partial charge in [-0.3, -0.25) is 4.68 Å². The second-order valence-corrected chi connectivity index (χ2v) is 3.77. The Morgan fingerprint density at radius 3 is 3.00 bits per heavy atom. The van der Waals surface area contributed by atoms with Crippen molar-refractivity contribution in [3.05, 3.63) is 17.5 Å². The van der Waals surface area contributed by atoms with E-state index in [2.05, 4.69) is 23.4 Å². The van der Waals surface area contributed by atoms with Crippen LogP contribution < -0.4 is 5.32 Å². The number of nitriles is 1. The molecule has 1 atom stereocenters. The Bertz CT molecular complexity index is 348. The first-order chi connectivity index (χ1) is 7.17. The van der Waals surface area contributed by atoms with Gasteiger partial charge in [0, 0.05) is 31.4 Å². The molecule has 1 aromatic heterocycles. The number of hydrogen-bond acceptors (Lipinski definition) is 3. The molecule has 1 rings (SSSR count). The monoisotopic (exact) mass is 206 g/mol. The Kier molecular flexibility index (Phi) is 4.32. The number of nitrogens with one attached hydrogen (secondary N) is 1. The maximum atomic E-state index is 8.53. The van der Waals surface area contributed by atoms with Gasteiger partial charge in [-0.25, -0.2) is 0 Å². The topological polar surface area (TPSA) is 53.6 Å². The van der Waals surface area contributed by atoms with E-state index in [1.165, 1.54) is 5.56 Å². The normalized spacial score (nSPS) is 12.4. The van der Waals surface area contributed by atoms with E-state index in [1.54, 1.807) is 0 Å². The van der Waals surface area contributed by atoms with Gasteiger partial charge < -0.3 is 5.32 Å². The highest BCUT2D eigenvalue weighted by molar-refractivity contribution is 5.16. The summed E-state index contributed by atoms with van der Waals surface area (Å²) in [5, 5.41) is 16.2. The predicted molar refractivity (Wildman–Crippen MR) is 59.1 cm³/mol. The summed E-state index contributed by atoms with van der Waals surface area (Å²) in [6, 6.07) is 2.39. The molecule has 0 radical (unpaired) electrons. The fourth-order valence-corrected chi connectivity index (χ4v) is 1.52. The van der Waals surface area contributed by atoms with Gasteiger partial charge >= 0.3 is 0 Å². The quantitative estimate of drug-likeness (QED) is 0.791. The van der Waals surface area contributed by atoms with Crippen LogP contribution in [0.1, 0.15) is 31.5 Å². The van der Waals surface area contributed by atoms with Gasteiger partial charge in [0.05, 0.1) is 18.2 Å². The highest BCUT2D eigenvalue weighted by Gasteiger charge is 2.07. The molecule has 1 aromatic rings. The summed E-state index contributed by atoms with van der Waals surface area (Å²) < 4.78 is 1.84. The number of rotatable bonds is 5. The summed E-state index contributed by atoms with van der Waals surface area (Å²) in [7, 11) is 1.93. The smallest absolute Gasteiger partial charge is 0.0666 e. The molecule has 15 heavy (non-hydrogen) atoms. The van der Waals surface area contributed by atoms with Crippen LogP contribution in [-0.2, 0) is 20.0 Å². The second kappa shape index (κ2) is 5.52. The molecule has 0 aliphatic heterocycles. The van der Waals surface area contributed by atoms with Crippen LogP contribution in [0.4, 0.5) is 0 Å². The molecule has 1 unspecified atom stereocenters. The van der Waals surface area contributed by atoms with Gasteiger partial charge in [0.1, 0.15) is 0 Å². The largest absolute Gasteiger partial charge is 0.309 e. The predicted octanol–water partition coefficient (Wildman–Crippen LogP) is 1.37. The molecule has 1 N–H and O–H groups in total. The third-order valence-corrected chi connectivity index (χ3v) is 2.37. The minimum atomic E-state index is 0.236. The SMILES string of the molecule is CCc1nn(C)cc1CNC(C)CC#N. The molecule has 0 saturated heterocycles. The zero-order valence-electron chi connectivity index (χ0n) is 9.62. The van der Waals surface area contributed by atoms with Crippen molar-refractivity contribution < 1.29 is 0 Å². The van der Waals surface area contributed by atoms with E-state index >= 15 is 0 Å². The number of hydrogen-bond donors (Lipinski definition) is 1. The van der Waals surface area contributed by atoms with Crippen LogP contribution >= 0.6 is 0 Å². The van der Waals surface area contributed by atoms with Gasteiger partial charge in [0.2, 0.25) is 0 Å². The zero-order chi connectivity index (χ0) is 11.3. The maximum Gasteiger partial charge on any atom is 0.0666 e. The molecule has 0 bridgehead atoms. The van der Waals surface area contributed by atoms with E-state index in [-0.39, 0.29) is 6.04 Å². The Labute approximate surface area is 90.9 Å². The first kappa shape index (κ1) is 11.7. The molecule has 4 heteroatoms. The highest BCUT2D eigenvalue weighted by Crippen LogP contribution is 2.07. The molecule has 0 aromatic carbocycles.